The lowest BCUT2D eigenvalue weighted by molar-refractivity contribution is 0.0691. The molecule has 1 N–H and O–H groups in total. The van der Waals surface area contributed by atoms with E-state index in [1.54, 1.807) is 6.20 Å². The van der Waals surface area contributed by atoms with E-state index >= 15 is 0 Å². The van der Waals surface area contributed by atoms with Crippen molar-refractivity contribution in [2.75, 3.05) is 18.4 Å². The summed E-state index contributed by atoms with van der Waals surface area (Å²) in [6.45, 7) is 3.98. The van der Waals surface area contributed by atoms with Crippen molar-refractivity contribution < 1.29 is 4.79 Å². The maximum Gasteiger partial charge on any atom is 0.272 e. The molecule has 0 radical (unpaired) electrons. The number of aromatic nitrogens is 1. The largest absolute Gasteiger partial charge is 0.381 e. The molecule has 3 rings (SSSR count). The van der Waals surface area contributed by atoms with Crippen LogP contribution in [0.5, 0.6) is 0 Å². The van der Waals surface area contributed by atoms with Crippen molar-refractivity contribution in [3.8, 4) is 0 Å². The monoisotopic (exact) mass is 259 g/mol. The molecule has 4 nitrogen and oxygen atoms in total. The van der Waals surface area contributed by atoms with Gasteiger partial charge in [-0.05, 0) is 43.7 Å². The summed E-state index contributed by atoms with van der Waals surface area (Å²) in [7, 11) is 0. The molecule has 2 aliphatic rings. The molecule has 0 aromatic carbocycles. The highest BCUT2D eigenvalue weighted by molar-refractivity contribution is 5.92. The zero-order valence-corrected chi connectivity index (χ0v) is 11.4. The molecule has 0 atom stereocenters. The van der Waals surface area contributed by atoms with Gasteiger partial charge in [-0.2, -0.15) is 0 Å². The predicted octanol–water partition coefficient (Wildman–Crippen LogP) is 2.53. The van der Waals surface area contributed by atoms with Gasteiger partial charge in [-0.1, -0.05) is 6.92 Å². The summed E-state index contributed by atoms with van der Waals surface area (Å²) >= 11 is 0. The summed E-state index contributed by atoms with van der Waals surface area (Å²) in [5.74, 6) is 0.812. The molecular formula is C15H21N3O. The van der Waals surface area contributed by atoms with Crippen molar-refractivity contribution in [2.45, 2.75) is 38.6 Å². The highest BCUT2D eigenvalue weighted by atomic mass is 16.2. The van der Waals surface area contributed by atoms with Crippen LogP contribution in [0.2, 0.25) is 0 Å². The fourth-order valence-corrected chi connectivity index (χ4v) is 2.44. The van der Waals surface area contributed by atoms with E-state index < -0.39 is 0 Å². The second-order valence-corrected chi connectivity index (χ2v) is 5.83. The minimum Gasteiger partial charge on any atom is -0.381 e. The molecule has 4 heteroatoms. The van der Waals surface area contributed by atoms with Gasteiger partial charge in [0.2, 0.25) is 0 Å². The molecule has 1 amide bonds. The van der Waals surface area contributed by atoms with Crippen molar-refractivity contribution in [3.05, 3.63) is 24.0 Å². The quantitative estimate of drug-likeness (QED) is 0.907. The fourth-order valence-electron chi connectivity index (χ4n) is 2.44. The number of likely N-dealkylation sites (tertiary alicyclic amines) is 1. The van der Waals surface area contributed by atoms with Gasteiger partial charge in [-0.25, -0.2) is 4.98 Å². The lowest BCUT2D eigenvalue weighted by Gasteiger charge is -2.30. The summed E-state index contributed by atoms with van der Waals surface area (Å²) in [5, 5.41) is 3.38. The zero-order valence-electron chi connectivity index (χ0n) is 11.4. The number of carbonyl (C=O) groups is 1. The molecule has 1 aliphatic carbocycles. The van der Waals surface area contributed by atoms with Crippen molar-refractivity contribution in [2.24, 2.45) is 5.92 Å². The molecule has 1 aromatic rings. The van der Waals surface area contributed by atoms with E-state index in [1.807, 2.05) is 17.0 Å². The Hall–Kier alpha value is -1.58. The van der Waals surface area contributed by atoms with Gasteiger partial charge in [-0.15, -0.1) is 0 Å². The Bertz CT molecular complexity index is 445. The third kappa shape index (κ3) is 3.06. The summed E-state index contributed by atoms with van der Waals surface area (Å²) in [4.78, 5) is 18.5. The van der Waals surface area contributed by atoms with Crippen molar-refractivity contribution in [3.63, 3.8) is 0 Å². The van der Waals surface area contributed by atoms with E-state index in [0.29, 0.717) is 11.7 Å². The van der Waals surface area contributed by atoms with Crippen LogP contribution in [0.3, 0.4) is 0 Å². The summed E-state index contributed by atoms with van der Waals surface area (Å²) < 4.78 is 0. The first-order valence-electron chi connectivity index (χ1n) is 7.24. The number of nitrogens with one attached hydrogen (secondary N) is 1. The minimum atomic E-state index is 0.0740. The van der Waals surface area contributed by atoms with Crippen molar-refractivity contribution in [1.29, 1.82) is 0 Å². The lowest BCUT2D eigenvalue weighted by Crippen LogP contribution is -2.38. The van der Waals surface area contributed by atoms with E-state index in [4.69, 9.17) is 0 Å². The highest BCUT2D eigenvalue weighted by Crippen LogP contribution is 2.24. The molecule has 1 aromatic heterocycles. The van der Waals surface area contributed by atoms with Crippen LogP contribution in [0, 0.1) is 5.92 Å². The number of rotatable bonds is 3. The Labute approximate surface area is 114 Å². The van der Waals surface area contributed by atoms with Gasteiger partial charge in [0.25, 0.3) is 5.91 Å². The zero-order chi connectivity index (χ0) is 13.2. The van der Waals surface area contributed by atoms with Crippen LogP contribution in [0.25, 0.3) is 0 Å². The van der Waals surface area contributed by atoms with Gasteiger partial charge >= 0.3 is 0 Å². The van der Waals surface area contributed by atoms with Crippen LogP contribution in [0.15, 0.2) is 18.3 Å². The van der Waals surface area contributed by atoms with Gasteiger partial charge < -0.3 is 10.2 Å². The first-order valence-corrected chi connectivity index (χ1v) is 7.24. The van der Waals surface area contributed by atoms with E-state index in [0.717, 1.165) is 37.5 Å². The van der Waals surface area contributed by atoms with Gasteiger partial charge in [-0.3, -0.25) is 4.79 Å². The molecular weight excluding hydrogens is 238 g/mol. The van der Waals surface area contributed by atoms with Gasteiger partial charge in [0.05, 0.1) is 11.9 Å². The molecule has 0 spiro atoms. The molecule has 0 unspecified atom stereocenters. The molecule has 1 aliphatic heterocycles. The number of amides is 1. The SMILES string of the molecule is CC1CCN(C(=O)c2ccc(NC3CC3)cn2)CC1. The number of anilines is 1. The van der Waals surface area contributed by atoms with Crippen LogP contribution in [-0.2, 0) is 0 Å². The average Bonchev–Trinajstić information content (AvgIpc) is 3.24. The fraction of sp³-hybridized carbons (Fsp3) is 0.600. The maximum atomic E-state index is 12.3. The number of pyridine rings is 1. The van der Waals surface area contributed by atoms with Gasteiger partial charge in [0.15, 0.2) is 0 Å². The van der Waals surface area contributed by atoms with Gasteiger partial charge in [0.1, 0.15) is 5.69 Å². The van der Waals surface area contributed by atoms with Crippen molar-refractivity contribution in [1.82, 2.24) is 9.88 Å². The van der Waals surface area contributed by atoms with Crippen LogP contribution >= 0.6 is 0 Å². The number of carbonyl (C=O) groups excluding carboxylic acids is 1. The standard InChI is InChI=1S/C15H21N3O/c1-11-6-8-18(9-7-11)15(19)14-5-4-13(10-16-14)17-12-2-3-12/h4-5,10-12,17H,2-3,6-9H2,1H3. The lowest BCUT2D eigenvalue weighted by atomic mass is 9.99. The van der Waals surface area contributed by atoms with Crippen LogP contribution in [0.1, 0.15) is 43.1 Å². The molecule has 1 saturated heterocycles. The molecule has 1 saturated carbocycles. The Morgan fingerprint density at radius 2 is 2.00 bits per heavy atom. The molecule has 2 heterocycles. The average molecular weight is 259 g/mol. The van der Waals surface area contributed by atoms with Crippen LogP contribution in [0.4, 0.5) is 5.69 Å². The third-order valence-corrected chi connectivity index (χ3v) is 4.00. The molecule has 0 bridgehead atoms. The van der Waals surface area contributed by atoms with E-state index in [2.05, 4.69) is 17.2 Å². The van der Waals surface area contributed by atoms with E-state index in [-0.39, 0.29) is 5.91 Å². The minimum absolute atomic E-state index is 0.0740. The van der Waals surface area contributed by atoms with Gasteiger partial charge in [0, 0.05) is 19.1 Å². The number of hydrogen-bond donors (Lipinski definition) is 1. The third-order valence-electron chi connectivity index (χ3n) is 4.00. The summed E-state index contributed by atoms with van der Waals surface area (Å²) in [6.07, 6.45) is 6.47. The second kappa shape index (κ2) is 5.19. The smallest absolute Gasteiger partial charge is 0.272 e. The highest BCUT2D eigenvalue weighted by Gasteiger charge is 2.23. The number of nitrogens with zero attached hydrogens (tertiary/aromatic N) is 2. The maximum absolute atomic E-state index is 12.3. The second-order valence-electron chi connectivity index (χ2n) is 5.83. The number of hydrogen-bond acceptors (Lipinski definition) is 3. The Kier molecular flexibility index (Phi) is 3.40. The van der Waals surface area contributed by atoms with E-state index in [9.17, 15) is 4.79 Å². The van der Waals surface area contributed by atoms with E-state index in [1.165, 1.54) is 12.8 Å². The Balaban J connectivity index is 1.62. The molecule has 19 heavy (non-hydrogen) atoms. The van der Waals surface area contributed by atoms with Crippen LogP contribution < -0.4 is 5.32 Å². The summed E-state index contributed by atoms with van der Waals surface area (Å²) in [6, 6.07) is 4.42. The molecule has 102 valence electrons. The van der Waals surface area contributed by atoms with Crippen molar-refractivity contribution >= 4 is 11.6 Å². The topological polar surface area (TPSA) is 45.2 Å². The molecule has 2 fully saturated rings. The number of piperidine rings is 1. The Morgan fingerprint density at radius 3 is 2.58 bits per heavy atom. The predicted molar refractivity (Wildman–Crippen MR) is 75.2 cm³/mol. The van der Waals surface area contributed by atoms with Crippen LogP contribution in [-0.4, -0.2) is 34.9 Å². The normalized spacial score (nSPS) is 20.4. The Morgan fingerprint density at radius 1 is 1.26 bits per heavy atom. The first kappa shape index (κ1) is 12.5. The summed E-state index contributed by atoms with van der Waals surface area (Å²) in [5.41, 5.74) is 1.59. The first-order chi connectivity index (χ1) is 9.22.